The highest BCUT2D eigenvalue weighted by Gasteiger charge is 2.43. The molecule has 174 valence electrons. The Balaban J connectivity index is 1.69. The molecule has 0 saturated heterocycles. The fourth-order valence-electron chi connectivity index (χ4n) is 4.99. The van der Waals surface area contributed by atoms with Crippen LogP contribution in [0.3, 0.4) is 0 Å². The van der Waals surface area contributed by atoms with E-state index in [1.54, 1.807) is 16.2 Å². The second kappa shape index (κ2) is 8.44. The summed E-state index contributed by atoms with van der Waals surface area (Å²) < 4.78 is 0. The lowest BCUT2D eigenvalue weighted by Crippen LogP contribution is -2.41. The number of hydrogen-bond donors (Lipinski definition) is 2. The quantitative estimate of drug-likeness (QED) is 0.415. The fraction of sp³-hybridized carbons (Fsp3) is 0.286. The van der Waals surface area contributed by atoms with E-state index in [9.17, 15) is 9.59 Å². The molecule has 2 amide bonds. The first kappa shape index (κ1) is 22.4. The standard InChI is InChI=1S/C28H29N3O2S/c1-17-9-7-11-19(18(17)2)30-27(33)31-22-12-6-5-10-20(22)29-21-15-28(3,4)16-23(32)25(21)26(31)24-13-8-14-34-24/h5-14,26,29H,15-16H2,1-4H3,(H,30,33)/t26-/m0/s1. The summed E-state index contributed by atoms with van der Waals surface area (Å²) in [6, 6.07) is 16.9. The third-order valence-electron chi connectivity index (χ3n) is 6.78. The molecule has 3 aromatic rings. The normalized spacial score (nSPS) is 19.1. The molecule has 2 N–H and O–H groups in total. The van der Waals surface area contributed by atoms with E-state index in [4.69, 9.17) is 0 Å². The molecule has 2 aliphatic rings. The van der Waals surface area contributed by atoms with Crippen LogP contribution in [0, 0.1) is 19.3 Å². The molecule has 1 aliphatic carbocycles. The smallest absolute Gasteiger partial charge is 0.327 e. The minimum atomic E-state index is -0.500. The third kappa shape index (κ3) is 3.92. The highest BCUT2D eigenvalue weighted by molar-refractivity contribution is 7.10. The van der Waals surface area contributed by atoms with Crippen LogP contribution in [0.5, 0.6) is 0 Å². The van der Waals surface area contributed by atoms with E-state index in [-0.39, 0.29) is 17.2 Å². The molecule has 34 heavy (non-hydrogen) atoms. The van der Waals surface area contributed by atoms with Crippen LogP contribution >= 0.6 is 11.3 Å². The predicted octanol–water partition coefficient (Wildman–Crippen LogP) is 7.21. The van der Waals surface area contributed by atoms with Gasteiger partial charge in [0.05, 0.1) is 11.4 Å². The number of carbonyl (C=O) groups excluding carboxylic acids is 2. The molecular weight excluding hydrogens is 442 g/mol. The van der Waals surface area contributed by atoms with Gasteiger partial charge in [-0.1, -0.05) is 44.2 Å². The van der Waals surface area contributed by atoms with Gasteiger partial charge in [0.1, 0.15) is 6.04 Å². The summed E-state index contributed by atoms with van der Waals surface area (Å²) in [5.74, 6) is 0.0921. The zero-order chi connectivity index (χ0) is 24.0. The number of anilines is 3. The van der Waals surface area contributed by atoms with E-state index in [1.165, 1.54) is 0 Å². The zero-order valence-corrected chi connectivity index (χ0v) is 20.8. The molecule has 6 heteroatoms. The molecule has 1 aromatic heterocycles. The summed E-state index contributed by atoms with van der Waals surface area (Å²) in [6.07, 6.45) is 1.20. The Morgan fingerprint density at radius 3 is 2.62 bits per heavy atom. The number of rotatable bonds is 2. The Hall–Kier alpha value is -3.38. The number of ketones is 1. The number of carbonyl (C=O) groups is 2. The number of hydrogen-bond acceptors (Lipinski definition) is 4. The summed E-state index contributed by atoms with van der Waals surface area (Å²) in [7, 11) is 0. The van der Waals surface area contributed by atoms with Crippen molar-refractivity contribution in [2.24, 2.45) is 5.41 Å². The lowest BCUT2D eigenvalue weighted by molar-refractivity contribution is -0.118. The number of urea groups is 1. The van der Waals surface area contributed by atoms with E-state index in [0.717, 1.165) is 45.2 Å². The van der Waals surface area contributed by atoms with Crippen LogP contribution in [0.15, 0.2) is 71.2 Å². The Kier molecular flexibility index (Phi) is 5.56. The Morgan fingerprint density at radius 2 is 1.85 bits per heavy atom. The van der Waals surface area contributed by atoms with Gasteiger partial charge in [-0.25, -0.2) is 4.79 Å². The topological polar surface area (TPSA) is 61.4 Å². The summed E-state index contributed by atoms with van der Waals surface area (Å²) >= 11 is 1.57. The molecule has 0 bridgehead atoms. The second-order valence-electron chi connectivity index (χ2n) is 9.94. The average molecular weight is 472 g/mol. The minimum absolute atomic E-state index is 0.0921. The van der Waals surface area contributed by atoms with E-state index >= 15 is 0 Å². The Morgan fingerprint density at radius 1 is 1.06 bits per heavy atom. The number of aryl methyl sites for hydroxylation is 1. The molecule has 0 spiro atoms. The molecule has 0 unspecified atom stereocenters. The third-order valence-corrected chi connectivity index (χ3v) is 7.70. The van der Waals surface area contributed by atoms with E-state index in [2.05, 4.69) is 24.5 Å². The SMILES string of the molecule is Cc1cccc(NC(=O)N2c3ccccc3NC3=C(C(=O)CC(C)(C)C3)[C@@H]2c2cccs2)c1C. The molecule has 0 fully saturated rings. The number of thiophene rings is 1. The summed E-state index contributed by atoms with van der Waals surface area (Å²) in [4.78, 5) is 30.4. The van der Waals surface area contributed by atoms with Crippen molar-refractivity contribution in [2.75, 3.05) is 15.5 Å². The van der Waals surface area contributed by atoms with Gasteiger partial charge in [0.15, 0.2) is 5.78 Å². The maximum absolute atomic E-state index is 14.0. The molecule has 5 rings (SSSR count). The number of fused-ring (bicyclic) bond motifs is 1. The number of nitrogens with zero attached hydrogens (tertiary/aromatic N) is 1. The number of nitrogens with one attached hydrogen (secondary N) is 2. The van der Waals surface area contributed by atoms with Crippen molar-refractivity contribution in [1.82, 2.24) is 0 Å². The van der Waals surface area contributed by atoms with Gasteiger partial charge in [0, 0.05) is 28.3 Å². The first-order valence-electron chi connectivity index (χ1n) is 11.6. The maximum atomic E-state index is 14.0. The Labute approximate surface area is 204 Å². The first-order chi connectivity index (χ1) is 16.2. The maximum Gasteiger partial charge on any atom is 0.327 e. The highest BCUT2D eigenvalue weighted by Crippen LogP contribution is 2.49. The van der Waals surface area contributed by atoms with Gasteiger partial charge in [0.2, 0.25) is 0 Å². The van der Waals surface area contributed by atoms with Crippen LogP contribution in [0.4, 0.5) is 21.9 Å². The van der Waals surface area contributed by atoms with Crippen LogP contribution in [0.25, 0.3) is 0 Å². The molecule has 0 radical (unpaired) electrons. The van der Waals surface area contributed by atoms with Crippen LogP contribution in [0.2, 0.25) is 0 Å². The molecule has 2 heterocycles. The summed E-state index contributed by atoms with van der Waals surface area (Å²) in [6.45, 7) is 8.29. The van der Waals surface area contributed by atoms with Gasteiger partial charge in [-0.05, 0) is 66.5 Å². The van der Waals surface area contributed by atoms with Gasteiger partial charge in [0.25, 0.3) is 0 Å². The van der Waals surface area contributed by atoms with Crippen LogP contribution in [-0.4, -0.2) is 11.8 Å². The largest absolute Gasteiger partial charge is 0.357 e. The molecule has 5 nitrogen and oxygen atoms in total. The molecule has 0 saturated carbocycles. The number of benzene rings is 2. The van der Waals surface area contributed by atoms with Crippen molar-refractivity contribution in [3.63, 3.8) is 0 Å². The van der Waals surface area contributed by atoms with E-state index in [0.29, 0.717) is 12.0 Å². The highest BCUT2D eigenvalue weighted by atomic mass is 32.1. The number of Topliss-reactive ketones (excluding diaryl/α,β-unsaturated/α-hetero) is 1. The average Bonchev–Trinajstić information content (AvgIpc) is 3.26. The van der Waals surface area contributed by atoms with Gasteiger partial charge >= 0.3 is 6.03 Å². The lowest BCUT2D eigenvalue weighted by Gasteiger charge is -2.36. The van der Waals surface area contributed by atoms with Crippen LogP contribution in [-0.2, 0) is 4.79 Å². The van der Waals surface area contributed by atoms with Crippen molar-refractivity contribution in [1.29, 1.82) is 0 Å². The predicted molar refractivity (Wildman–Crippen MR) is 140 cm³/mol. The summed E-state index contributed by atoms with van der Waals surface area (Å²) in [5.41, 5.74) is 5.95. The Bertz CT molecular complexity index is 1310. The summed E-state index contributed by atoms with van der Waals surface area (Å²) in [5, 5.41) is 8.69. The van der Waals surface area contributed by atoms with E-state index in [1.807, 2.05) is 73.8 Å². The van der Waals surface area contributed by atoms with Crippen molar-refractivity contribution < 1.29 is 9.59 Å². The van der Waals surface area contributed by atoms with Gasteiger partial charge < -0.3 is 10.6 Å². The zero-order valence-electron chi connectivity index (χ0n) is 19.9. The minimum Gasteiger partial charge on any atom is -0.357 e. The molecule has 2 aromatic carbocycles. The monoisotopic (exact) mass is 471 g/mol. The van der Waals surface area contributed by atoms with Crippen molar-refractivity contribution >= 4 is 40.2 Å². The van der Waals surface area contributed by atoms with Crippen molar-refractivity contribution in [3.05, 3.63) is 87.3 Å². The van der Waals surface area contributed by atoms with E-state index < -0.39 is 6.04 Å². The molecular formula is C28H29N3O2S. The van der Waals surface area contributed by atoms with Crippen LogP contribution in [0.1, 0.15) is 48.7 Å². The number of para-hydroxylation sites is 2. The van der Waals surface area contributed by atoms with Crippen molar-refractivity contribution in [2.45, 2.75) is 46.6 Å². The first-order valence-corrected chi connectivity index (χ1v) is 12.5. The number of allylic oxidation sites excluding steroid dienone is 1. The van der Waals surface area contributed by atoms with Gasteiger partial charge in [-0.15, -0.1) is 11.3 Å². The van der Waals surface area contributed by atoms with Crippen LogP contribution < -0.4 is 15.5 Å². The van der Waals surface area contributed by atoms with Gasteiger partial charge in [-0.3, -0.25) is 9.69 Å². The fourth-order valence-corrected chi connectivity index (χ4v) is 5.81. The molecule has 1 aliphatic heterocycles. The molecule has 1 atom stereocenters. The lowest BCUT2D eigenvalue weighted by atomic mass is 9.74. The number of amides is 2. The second-order valence-corrected chi connectivity index (χ2v) is 10.9. The van der Waals surface area contributed by atoms with Crippen molar-refractivity contribution in [3.8, 4) is 0 Å². The van der Waals surface area contributed by atoms with Gasteiger partial charge in [-0.2, -0.15) is 0 Å².